The van der Waals surface area contributed by atoms with E-state index in [1.165, 1.54) is 6.08 Å². The second kappa shape index (κ2) is 8.23. The number of aryl methyl sites for hydroxylation is 1. The number of hydrogen-bond acceptors (Lipinski definition) is 5. The van der Waals surface area contributed by atoms with Crippen LogP contribution in [0.4, 0.5) is 0 Å². The minimum absolute atomic E-state index is 0.0378. The summed E-state index contributed by atoms with van der Waals surface area (Å²) in [6, 6.07) is 15.7. The first-order valence-corrected chi connectivity index (χ1v) is 8.64. The number of carbonyl (C=O) groups is 1. The Hall–Kier alpha value is -4.18. The molecule has 0 spiro atoms. The van der Waals surface area contributed by atoms with Crippen molar-refractivity contribution in [1.29, 1.82) is 5.26 Å². The van der Waals surface area contributed by atoms with E-state index < -0.39 is 11.5 Å². The summed E-state index contributed by atoms with van der Waals surface area (Å²) in [6.07, 6.45) is 3.02. The zero-order valence-electron chi connectivity index (χ0n) is 15.8. The molecule has 2 aromatic carbocycles. The van der Waals surface area contributed by atoms with Crippen molar-refractivity contribution in [3.05, 3.63) is 86.8 Å². The molecule has 7 nitrogen and oxygen atoms in total. The highest BCUT2D eigenvalue weighted by atomic mass is 16.5. The van der Waals surface area contributed by atoms with E-state index in [0.29, 0.717) is 11.4 Å². The summed E-state index contributed by atoms with van der Waals surface area (Å²) in [5.41, 5.74) is 0.702. The number of hydrogen-bond donors (Lipinski definition) is 1. The summed E-state index contributed by atoms with van der Waals surface area (Å²) in [6.45, 7) is 1.89. The predicted molar refractivity (Wildman–Crippen MR) is 108 cm³/mol. The maximum absolute atomic E-state index is 12.8. The number of methoxy groups -OCH3 is 1. The second-order valence-electron chi connectivity index (χ2n) is 6.21. The fraction of sp³-hybridized carbons (Fsp3) is 0.0909. The van der Waals surface area contributed by atoms with E-state index in [1.54, 1.807) is 61.7 Å². The molecule has 1 heterocycles. The first kappa shape index (κ1) is 19.6. The topological polar surface area (TPSA) is 105 Å². The Morgan fingerprint density at radius 1 is 1.14 bits per heavy atom. The molecule has 144 valence electrons. The van der Waals surface area contributed by atoms with Gasteiger partial charge in [-0.3, -0.25) is 4.79 Å². The van der Waals surface area contributed by atoms with Gasteiger partial charge in [0.1, 0.15) is 17.4 Å². The van der Waals surface area contributed by atoms with E-state index in [-0.39, 0.29) is 16.8 Å². The zero-order chi connectivity index (χ0) is 21.0. The maximum atomic E-state index is 12.8. The number of carboxylic acids is 1. The normalized spacial score (nSPS) is 10.7. The number of benzene rings is 2. The highest BCUT2D eigenvalue weighted by Gasteiger charge is 2.21. The van der Waals surface area contributed by atoms with Crippen molar-refractivity contribution in [3.8, 4) is 17.5 Å². The monoisotopic (exact) mass is 387 g/mol. The quantitative estimate of drug-likeness (QED) is 0.720. The number of nitriles is 1. The lowest BCUT2D eigenvalue weighted by Gasteiger charge is -2.10. The SMILES string of the molecule is COc1ccc(/C=C\c2c(C(=O)O)nn(-c3ccc(C)cc3)c(=O)c2C#N)cc1. The van der Waals surface area contributed by atoms with Crippen molar-refractivity contribution in [1.82, 2.24) is 9.78 Å². The summed E-state index contributed by atoms with van der Waals surface area (Å²) in [4.78, 5) is 24.6. The van der Waals surface area contributed by atoms with Gasteiger partial charge in [-0.1, -0.05) is 42.0 Å². The number of aromatic nitrogens is 2. The number of nitrogens with zero attached hydrogens (tertiary/aromatic N) is 3. The minimum Gasteiger partial charge on any atom is -0.497 e. The zero-order valence-corrected chi connectivity index (χ0v) is 15.8. The lowest BCUT2D eigenvalue weighted by Crippen LogP contribution is -2.28. The molecule has 0 aliphatic rings. The molecule has 1 N–H and O–H groups in total. The van der Waals surface area contributed by atoms with Crippen LogP contribution >= 0.6 is 0 Å². The maximum Gasteiger partial charge on any atom is 0.357 e. The lowest BCUT2D eigenvalue weighted by atomic mass is 10.1. The summed E-state index contributed by atoms with van der Waals surface area (Å²) in [5, 5.41) is 23.2. The van der Waals surface area contributed by atoms with Crippen LogP contribution in [-0.4, -0.2) is 28.0 Å². The van der Waals surface area contributed by atoms with Gasteiger partial charge in [-0.15, -0.1) is 0 Å². The summed E-state index contributed by atoms with van der Waals surface area (Å²) < 4.78 is 6.04. The molecular weight excluding hydrogens is 370 g/mol. The van der Waals surface area contributed by atoms with Crippen LogP contribution in [0.5, 0.6) is 5.75 Å². The van der Waals surface area contributed by atoms with Gasteiger partial charge in [0.25, 0.3) is 5.56 Å². The van der Waals surface area contributed by atoms with Crippen molar-refractivity contribution in [2.24, 2.45) is 0 Å². The van der Waals surface area contributed by atoms with E-state index in [1.807, 2.05) is 13.0 Å². The molecule has 0 bridgehead atoms. The van der Waals surface area contributed by atoms with Crippen LogP contribution in [0.15, 0.2) is 53.3 Å². The second-order valence-corrected chi connectivity index (χ2v) is 6.21. The minimum atomic E-state index is -1.34. The van der Waals surface area contributed by atoms with Crippen LogP contribution in [0, 0.1) is 18.3 Å². The molecule has 0 radical (unpaired) electrons. The van der Waals surface area contributed by atoms with Gasteiger partial charge in [0, 0.05) is 5.56 Å². The first-order chi connectivity index (χ1) is 13.9. The van der Waals surface area contributed by atoms with Gasteiger partial charge >= 0.3 is 5.97 Å². The van der Waals surface area contributed by atoms with Crippen LogP contribution in [0.1, 0.15) is 32.7 Å². The fourth-order valence-electron chi connectivity index (χ4n) is 2.72. The molecule has 0 saturated heterocycles. The Morgan fingerprint density at radius 2 is 1.79 bits per heavy atom. The third kappa shape index (κ3) is 4.06. The lowest BCUT2D eigenvalue weighted by molar-refractivity contribution is 0.0688. The molecule has 0 aliphatic carbocycles. The smallest absolute Gasteiger partial charge is 0.357 e. The number of carboxylic acid groups (broad SMARTS) is 1. The molecule has 0 unspecified atom stereocenters. The number of rotatable bonds is 5. The van der Waals surface area contributed by atoms with Crippen molar-refractivity contribution in [2.45, 2.75) is 6.92 Å². The number of aromatic carboxylic acids is 1. The summed E-state index contributed by atoms with van der Waals surface area (Å²) >= 11 is 0. The van der Waals surface area contributed by atoms with Crippen LogP contribution in [0.3, 0.4) is 0 Å². The van der Waals surface area contributed by atoms with E-state index in [2.05, 4.69) is 5.10 Å². The van der Waals surface area contributed by atoms with Gasteiger partial charge in [-0.2, -0.15) is 15.0 Å². The Bertz CT molecular complexity index is 1180. The summed E-state index contributed by atoms with van der Waals surface area (Å²) in [7, 11) is 1.55. The van der Waals surface area contributed by atoms with Crippen LogP contribution < -0.4 is 10.3 Å². The Labute approximate surface area is 166 Å². The molecular formula is C22H17N3O4. The average molecular weight is 387 g/mol. The van der Waals surface area contributed by atoms with Gasteiger partial charge in [-0.05, 0) is 36.8 Å². The van der Waals surface area contributed by atoms with Gasteiger partial charge in [0.15, 0.2) is 5.69 Å². The van der Waals surface area contributed by atoms with Gasteiger partial charge in [-0.25, -0.2) is 4.79 Å². The molecule has 0 fully saturated rings. The van der Waals surface area contributed by atoms with Crippen molar-refractivity contribution >= 4 is 18.1 Å². The molecule has 0 atom stereocenters. The van der Waals surface area contributed by atoms with E-state index in [4.69, 9.17) is 4.74 Å². The van der Waals surface area contributed by atoms with Crippen molar-refractivity contribution < 1.29 is 14.6 Å². The Kier molecular flexibility index (Phi) is 5.56. The van der Waals surface area contributed by atoms with Gasteiger partial charge in [0.2, 0.25) is 0 Å². The Morgan fingerprint density at radius 3 is 2.34 bits per heavy atom. The molecule has 0 aliphatic heterocycles. The highest BCUT2D eigenvalue weighted by molar-refractivity contribution is 5.92. The third-order valence-electron chi connectivity index (χ3n) is 4.28. The van der Waals surface area contributed by atoms with Crippen molar-refractivity contribution in [2.75, 3.05) is 7.11 Å². The first-order valence-electron chi connectivity index (χ1n) is 8.64. The molecule has 3 aromatic rings. The predicted octanol–water partition coefficient (Wildman–Crippen LogP) is 3.29. The van der Waals surface area contributed by atoms with E-state index in [9.17, 15) is 20.0 Å². The van der Waals surface area contributed by atoms with E-state index >= 15 is 0 Å². The standard InChI is InChI=1S/C22H17N3O4/c1-14-3-8-16(9-4-14)25-21(26)19(13-23)18(20(24-25)22(27)28)12-7-15-5-10-17(29-2)11-6-15/h3-12H,1-2H3,(H,27,28)/b12-7-. The Balaban J connectivity index is 2.16. The van der Waals surface area contributed by atoms with Crippen molar-refractivity contribution in [3.63, 3.8) is 0 Å². The van der Waals surface area contributed by atoms with E-state index in [0.717, 1.165) is 15.8 Å². The number of ether oxygens (including phenoxy) is 1. The molecule has 29 heavy (non-hydrogen) atoms. The van der Waals surface area contributed by atoms with Gasteiger partial charge in [0.05, 0.1) is 12.8 Å². The molecule has 1 aromatic heterocycles. The fourth-order valence-corrected chi connectivity index (χ4v) is 2.72. The third-order valence-corrected chi connectivity index (χ3v) is 4.28. The van der Waals surface area contributed by atoms with Crippen LogP contribution in [-0.2, 0) is 0 Å². The summed E-state index contributed by atoms with van der Waals surface area (Å²) in [5.74, 6) is -0.662. The molecule has 7 heteroatoms. The highest BCUT2D eigenvalue weighted by Crippen LogP contribution is 2.18. The van der Waals surface area contributed by atoms with Gasteiger partial charge < -0.3 is 9.84 Å². The van der Waals surface area contributed by atoms with Crippen LogP contribution in [0.2, 0.25) is 0 Å². The largest absolute Gasteiger partial charge is 0.497 e. The average Bonchev–Trinajstić information content (AvgIpc) is 2.73. The molecule has 0 saturated carbocycles. The molecule has 0 amide bonds. The molecule has 3 rings (SSSR count). The van der Waals surface area contributed by atoms with Crippen LogP contribution in [0.25, 0.3) is 17.8 Å².